The quantitative estimate of drug-likeness (QED) is 0.742. The molecule has 1 aliphatic heterocycles. The Morgan fingerprint density at radius 2 is 1.56 bits per heavy atom. The van der Waals surface area contributed by atoms with Crippen molar-refractivity contribution in [3.8, 4) is 0 Å². The van der Waals surface area contributed by atoms with E-state index in [2.05, 4.69) is 6.08 Å². The van der Waals surface area contributed by atoms with E-state index in [0.717, 1.165) is 24.0 Å². The first-order chi connectivity index (χ1) is 12.6. The monoisotopic (exact) mass is 372 g/mol. The minimum absolute atomic E-state index is 0.274. The van der Waals surface area contributed by atoms with Crippen LogP contribution in [0.25, 0.3) is 6.08 Å². The maximum Gasteiger partial charge on any atom is 0.525 e. The van der Waals surface area contributed by atoms with Crippen molar-refractivity contribution in [2.24, 2.45) is 0 Å². The average molecular weight is 372 g/mol. The molecular formula is C21H26BFO4. The van der Waals surface area contributed by atoms with Crippen LogP contribution >= 0.6 is 0 Å². The van der Waals surface area contributed by atoms with Gasteiger partial charge in [0.2, 0.25) is 0 Å². The number of halogens is 1. The van der Waals surface area contributed by atoms with Gasteiger partial charge in [-0.3, -0.25) is 0 Å². The van der Waals surface area contributed by atoms with Gasteiger partial charge in [0.25, 0.3) is 0 Å². The first-order valence-electron chi connectivity index (χ1n) is 9.35. The lowest BCUT2D eigenvalue weighted by molar-refractivity contribution is 0.00578. The molecule has 1 saturated carbocycles. The summed E-state index contributed by atoms with van der Waals surface area (Å²) >= 11 is 0. The van der Waals surface area contributed by atoms with E-state index in [4.69, 9.17) is 14.4 Å². The highest BCUT2D eigenvalue weighted by molar-refractivity contribution is 6.53. The summed E-state index contributed by atoms with van der Waals surface area (Å²) in [6.45, 7) is 7.68. The number of carbonyl (C=O) groups is 1. The smallest absolute Gasteiger partial charge is 0.478 e. The largest absolute Gasteiger partial charge is 0.525 e. The molecule has 2 fully saturated rings. The molecule has 0 radical (unpaired) electrons. The van der Waals surface area contributed by atoms with E-state index < -0.39 is 24.3 Å². The molecule has 3 rings (SSSR count). The van der Waals surface area contributed by atoms with E-state index in [-0.39, 0.29) is 11.3 Å². The number of allylic oxidation sites excluding steroid dienone is 2. The number of carboxylic acids is 1. The molecule has 6 heteroatoms. The van der Waals surface area contributed by atoms with Gasteiger partial charge < -0.3 is 14.4 Å². The Balaban J connectivity index is 1.66. The molecule has 1 aliphatic carbocycles. The molecule has 0 atom stereocenters. The summed E-state index contributed by atoms with van der Waals surface area (Å²) in [7, 11) is -0.918. The van der Waals surface area contributed by atoms with E-state index >= 15 is 0 Å². The van der Waals surface area contributed by atoms with Crippen molar-refractivity contribution in [2.45, 2.75) is 64.6 Å². The maximum atomic E-state index is 14.9. The van der Waals surface area contributed by atoms with E-state index in [0.29, 0.717) is 12.8 Å². The molecule has 27 heavy (non-hydrogen) atoms. The van der Waals surface area contributed by atoms with Gasteiger partial charge >= 0.3 is 13.1 Å². The normalized spacial score (nSPS) is 21.3. The average Bonchev–Trinajstić information content (AvgIpc) is 2.83. The summed E-state index contributed by atoms with van der Waals surface area (Å²) < 4.78 is 26.5. The van der Waals surface area contributed by atoms with Gasteiger partial charge in [0, 0.05) is 0 Å². The number of hydrogen-bond acceptors (Lipinski definition) is 3. The molecule has 0 spiro atoms. The summed E-state index contributed by atoms with van der Waals surface area (Å²) in [6, 6.07) is 6.79. The number of benzene rings is 1. The van der Waals surface area contributed by atoms with Crippen LogP contribution < -0.4 is 0 Å². The van der Waals surface area contributed by atoms with Gasteiger partial charge in [-0.25, -0.2) is 9.18 Å². The van der Waals surface area contributed by atoms with E-state index in [9.17, 15) is 9.18 Å². The predicted octanol–water partition coefficient (Wildman–Crippen LogP) is 5.20. The number of rotatable bonds is 3. The molecule has 4 nitrogen and oxygen atoms in total. The minimum atomic E-state index is -0.931. The highest BCUT2D eigenvalue weighted by Crippen LogP contribution is 2.41. The van der Waals surface area contributed by atoms with Crippen LogP contribution in [0.3, 0.4) is 0 Å². The van der Waals surface area contributed by atoms with Gasteiger partial charge in [-0.1, -0.05) is 23.8 Å². The van der Waals surface area contributed by atoms with Crippen molar-refractivity contribution in [3.05, 3.63) is 52.3 Å². The summed E-state index contributed by atoms with van der Waals surface area (Å²) in [5.41, 5.74) is 1.88. The second-order valence-corrected chi connectivity index (χ2v) is 8.27. The molecule has 144 valence electrons. The lowest BCUT2D eigenvalue weighted by atomic mass is 9.79. The van der Waals surface area contributed by atoms with Crippen molar-refractivity contribution in [3.63, 3.8) is 0 Å². The van der Waals surface area contributed by atoms with Gasteiger partial charge in [0.1, 0.15) is 5.73 Å². The number of hydrogen-bond donors (Lipinski definition) is 1. The van der Waals surface area contributed by atoms with Crippen LogP contribution in [0.15, 0.2) is 41.1 Å². The Hall–Kier alpha value is -1.92. The van der Waals surface area contributed by atoms with Crippen LogP contribution in [-0.4, -0.2) is 29.4 Å². The maximum absolute atomic E-state index is 14.9. The van der Waals surface area contributed by atoms with Crippen LogP contribution in [0, 0.1) is 0 Å². The second kappa shape index (κ2) is 7.25. The van der Waals surface area contributed by atoms with Crippen molar-refractivity contribution in [1.29, 1.82) is 0 Å². The summed E-state index contributed by atoms with van der Waals surface area (Å²) in [5.74, 6) is -0.931. The molecular weight excluding hydrogens is 346 g/mol. The molecule has 1 aromatic rings. The van der Waals surface area contributed by atoms with E-state index in [1.165, 1.54) is 5.57 Å². The highest BCUT2D eigenvalue weighted by atomic mass is 19.1. The number of aromatic carboxylic acids is 1. The zero-order valence-corrected chi connectivity index (χ0v) is 16.3. The van der Waals surface area contributed by atoms with Gasteiger partial charge in [-0.15, -0.1) is 0 Å². The molecule has 1 saturated heterocycles. The third-order valence-corrected chi connectivity index (χ3v) is 5.82. The third kappa shape index (κ3) is 4.17. The third-order valence-electron chi connectivity index (χ3n) is 5.82. The van der Waals surface area contributed by atoms with Crippen molar-refractivity contribution in [1.82, 2.24) is 0 Å². The topological polar surface area (TPSA) is 55.8 Å². The SMILES string of the molecule is CC1(C)OB(C(F)=C2CCC(=Cc3ccc(C(=O)O)cc3)CC2)OC1(C)C. The van der Waals surface area contributed by atoms with Crippen LogP contribution in [0.1, 0.15) is 69.3 Å². The lowest BCUT2D eigenvalue weighted by Crippen LogP contribution is -2.41. The minimum Gasteiger partial charge on any atom is -0.478 e. The van der Waals surface area contributed by atoms with Crippen molar-refractivity contribution in [2.75, 3.05) is 0 Å². The van der Waals surface area contributed by atoms with Crippen LogP contribution in [0.4, 0.5) is 4.39 Å². The second-order valence-electron chi connectivity index (χ2n) is 8.27. The van der Waals surface area contributed by atoms with E-state index in [1.807, 2.05) is 27.7 Å². The molecule has 0 amide bonds. The van der Waals surface area contributed by atoms with Crippen LogP contribution in [0.5, 0.6) is 0 Å². The molecule has 1 heterocycles. The molecule has 0 unspecified atom stereocenters. The van der Waals surface area contributed by atoms with Gasteiger partial charge in [0.05, 0.1) is 16.8 Å². The Morgan fingerprint density at radius 1 is 1.04 bits per heavy atom. The fourth-order valence-electron chi connectivity index (χ4n) is 3.33. The molecule has 0 bridgehead atoms. The Kier molecular flexibility index (Phi) is 5.32. The van der Waals surface area contributed by atoms with Gasteiger partial charge in [-0.05, 0) is 76.6 Å². The van der Waals surface area contributed by atoms with Gasteiger partial charge in [0.15, 0.2) is 0 Å². The Bertz CT molecular complexity index is 765. The van der Waals surface area contributed by atoms with Crippen molar-refractivity contribution < 1.29 is 23.6 Å². The summed E-state index contributed by atoms with van der Waals surface area (Å²) in [4.78, 5) is 10.9. The number of carboxylic acid groups (broad SMARTS) is 1. The fourth-order valence-corrected chi connectivity index (χ4v) is 3.33. The van der Waals surface area contributed by atoms with Crippen molar-refractivity contribution >= 4 is 19.2 Å². The Morgan fingerprint density at radius 3 is 2.04 bits per heavy atom. The molecule has 1 N–H and O–H groups in total. The van der Waals surface area contributed by atoms with Crippen LogP contribution in [0.2, 0.25) is 0 Å². The zero-order chi connectivity index (χ0) is 19.8. The summed E-state index contributed by atoms with van der Waals surface area (Å²) in [6.07, 6.45) is 4.92. The summed E-state index contributed by atoms with van der Waals surface area (Å²) in [5, 5.41) is 8.96. The first-order valence-corrected chi connectivity index (χ1v) is 9.35. The molecule has 2 aliphatic rings. The van der Waals surface area contributed by atoms with Gasteiger partial charge in [-0.2, -0.15) is 0 Å². The van der Waals surface area contributed by atoms with E-state index in [1.54, 1.807) is 24.3 Å². The van der Waals surface area contributed by atoms with Crippen LogP contribution in [-0.2, 0) is 9.31 Å². The molecule has 1 aromatic carbocycles. The standard InChI is InChI=1S/C21H26BFO4/c1-20(2)21(3,4)27-22(26-20)18(23)16-9-5-14(6-10-16)13-15-7-11-17(12-8-15)19(24)25/h7-8,11-13H,5-6,9-10H2,1-4H3,(H,24,25). The zero-order valence-electron chi connectivity index (χ0n) is 16.3. The lowest BCUT2D eigenvalue weighted by Gasteiger charge is -2.32. The highest BCUT2D eigenvalue weighted by Gasteiger charge is 2.53. The first kappa shape index (κ1) is 19.8. The molecule has 0 aromatic heterocycles. The predicted molar refractivity (Wildman–Crippen MR) is 104 cm³/mol. The fraction of sp³-hybridized carbons (Fsp3) is 0.476. The Labute approximate surface area is 160 Å².